The van der Waals surface area contributed by atoms with Crippen molar-refractivity contribution >= 4 is 20.8 Å². The van der Waals surface area contributed by atoms with Crippen LogP contribution in [0.3, 0.4) is 0 Å². The summed E-state index contributed by atoms with van der Waals surface area (Å²) >= 11 is 0. The topological polar surface area (TPSA) is 63.2 Å². The van der Waals surface area contributed by atoms with E-state index >= 15 is 0 Å². The molecule has 0 spiro atoms. The molecule has 4 nitrogen and oxygen atoms in total. The summed E-state index contributed by atoms with van der Waals surface area (Å²) < 4.78 is 37.8. The fraction of sp³-hybridized carbons (Fsp3) is 0.500. The maximum atomic E-state index is 12.1. The van der Waals surface area contributed by atoms with Crippen molar-refractivity contribution in [2.75, 3.05) is 12.0 Å². The Balaban J connectivity index is 2.77. The highest BCUT2D eigenvalue weighted by molar-refractivity contribution is 7.89. The first-order valence-electron chi connectivity index (χ1n) is 5.71. The second kappa shape index (κ2) is 6.45. The molecule has 2 atom stereocenters. The molecule has 0 saturated carbocycles. The van der Waals surface area contributed by atoms with Gasteiger partial charge >= 0.3 is 0 Å². The predicted octanol–water partition coefficient (Wildman–Crippen LogP) is 1.43. The molecular weight excluding hydrogens is 270 g/mol. The normalized spacial score (nSPS) is 15.3. The zero-order valence-corrected chi connectivity index (χ0v) is 12.5. The van der Waals surface area contributed by atoms with Gasteiger partial charge in [-0.25, -0.2) is 13.1 Å². The van der Waals surface area contributed by atoms with Gasteiger partial charge in [-0.15, -0.1) is 0 Å². The Labute approximate surface area is 111 Å². The van der Waals surface area contributed by atoms with Crippen LogP contribution in [0.25, 0.3) is 0 Å². The maximum absolute atomic E-state index is 12.1. The molecule has 0 fully saturated rings. The van der Waals surface area contributed by atoms with E-state index in [1.807, 2.05) is 0 Å². The Bertz CT molecular complexity index is 526. The molecule has 0 aliphatic rings. The third kappa shape index (κ3) is 4.51. The van der Waals surface area contributed by atoms with Crippen LogP contribution in [0, 0.1) is 6.92 Å². The lowest BCUT2D eigenvalue weighted by Crippen LogP contribution is -2.33. The van der Waals surface area contributed by atoms with Crippen LogP contribution in [0.4, 0.5) is 0 Å². The summed E-state index contributed by atoms with van der Waals surface area (Å²) in [4.78, 5) is 0.300. The van der Waals surface area contributed by atoms with E-state index in [0.29, 0.717) is 17.1 Å². The molecular formula is C12H19NO3S2. The Morgan fingerprint density at radius 2 is 1.94 bits per heavy atom. The molecule has 0 aliphatic carbocycles. The highest BCUT2D eigenvalue weighted by Gasteiger charge is 2.18. The molecule has 0 saturated heterocycles. The van der Waals surface area contributed by atoms with Gasteiger partial charge < -0.3 is 0 Å². The molecule has 1 aromatic carbocycles. The predicted molar refractivity (Wildman–Crippen MR) is 74.5 cm³/mol. The minimum absolute atomic E-state index is 0.224. The monoisotopic (exact) mass is 289 g/mol. The number of hydrogen-bond donors (Lipinski definition) is 1. The van der Waals surface area contributed by atoms with E-state index in [9.17, 15) is 12.6 Å². The second-order valence-electron chi connectivity index (χ2n) is 4.35. The average molecular weight is 289 g/mol. The van der Waals surface area contributed by atoms with Gasteiger partial charge in [0.15, 0.2) is 0 Å². The van der Waals surface area contributed by atoms with Crippen molar-refractivity contribution in [1.29, 1.82) is 0 Å². The summed E-state index contributed by atoms with van der Waals surface area (Å²) in [5.41, 5.74) is 0.719. The summed E-state index contributed by atoms with van der Waals surface area (Å²) in [7, 11) is -4.39. The van der Waals surface area contributed by atoms with E-state index in [1.54, 1.807) is 44.4 Å². The summed E-state index contributed by atoms with van der Waals surface area (Å²) in [5.74, 6) is 0.497. The minimum atomic E-state index is -3.49. The Kier molecular flexibility index (Phi) is 5.49. The lowest BCUT2D eigenvalue weighted by molar-refractivity contribution is 0.555. The summed E-state index contributed by atoms with van der Waals surface area (Å²) in [6.45, 7) is 3.54. The van der Waals surface area contributed by atoms with Crippen LogP contribution < -0.4 is 4.72 Å². The van der Waals surface area contributed by atoms with Gasteiger partial charge in [0.05, 0.1) is 4.90 Å². The smallest absolute Gasteiger partial charge is 0.241 e. The first-order chi connectivity index (χ1) is 8.33. The van der Waals surface area contributed by atoms with Gasteiger partial charge in [-0.2, -0.15) is 0 Å². The summed E-state index contributed by atoms with van der Waals surface area (Å²) in [5, 5.41) is 0. The molecule has 6 heteroatoms. The van der Waals surface area contributed by atoms with Gasteiger partial charge in [0.2, 0.25) is 10.0 Å². The molecule has 0 heterocycles. The van der Waals surface area contributed by atoms with Crippen LogP contribution in [0.1, 0.15) is 18.9 Å². The first kappa shape index (κ1) is 15.3. The highest BCUT2D eigenvalue weighted by atomic mass is 32.2. The van der Waals surface area contributed by atoms with Gasteiger partial charge in [0.25, 0.3) is 0 Å². The molecule has 18 heavy (non-hydrogen) atoms. The average Bonchev–Trinajstić information content (AvgIpc) is 2.26. The van der Waals surface area contributed by atoms with E-state index < -0.39 is 20.8 Å². The standard InChI is InChI=1S/C12H19NO3S2/c1-10-6-4-5-7-12(10)18(15,16)13-11(2)8-9-17(3)14/h4-7,11,13H,8-9H2,1-3H3. The third-order valence-electron chi connectivity index (χ3n) is 2.58. The highest BCUT2D eigenvalue weighted by Crippen LogP contribution is 2.14. The van der Waals surface area contributed by atoms with Crippen molar-refractivity contribution in [1.82, 2.24) is 4.72 Å². The van der Waals surface area contributed by atoms with Crippen LogP contribution in [0.5, 0.6) is 0 Å². The van der Waals surface area contributed by atoms with Crippen molar-refractivity contribution in [3.05, 3.63) is 29.8 Å². The molecule has 0 aliphatic heterocycles. The molecule has 1 rings (SSSR count). The van der Waals surface area contributed by atoms with Crippen LogP contribution in [0.15, 0.2) is 29.2 Å². The van der Waals surface area contributed by atoms with Gasteiger partial charge in [-0.3, -0.25) is 4.21 Å². The molecule has 0 aromatic heterocycles. The Hall–Kier alpha value is -0.720. The SMILES string of the molecule is Cc1ccccc1S(=O)(=O)NC(C)CCS(C)=O. The zero-order chi connectivity index (χ0) is 13.8. The van der Waals surface area contributed by atoms with Gasteiger partial charge in [-0.1, -0.05) is 18.2 Å². The summed E-state index contributed by atoms with van der Waals surface area (Å²) in [6.07, 6.45) is 2.18. The minimum Gasteiger partial charge on any atom is -0.260 e. The first-order valence-corrected chi connectivity index (χ1v) is 8.92. The van der Waals surface area contributed by atoms with Crippen LogP contribution in [0.2, 0.25) is 0 Å². The molecule has 0 bridgehead atoms. The van der Waals surface area contributed by atoms with Crippen LogP contribution in [-0.4, -0.2) is 30.7 Å². The van der Waals surface area contributed by atoms with Crippen LogP contribution >= 0.6 is 0 Å². The lowest BCUT2D eigenvalue weighted by atomic mass is 10.2. The van der Waals surface area contributed by atoms with E-state index in [4.69, 9.17) is 0 Å². The Morgan fingerprint density at radius 3 is 2.50 bits per heavy atom. The zero-order valence-electron chi connectivity index (χ0n) is 10.8. The molecule has 0 amide bonds. The summed E-state index contributed by atoms with van der Waals surface area (Å²) in [6, 6.07) is 6.63. The van der Waals surface area contributed by atoms with Crippen LogP contribution in [-0.2, 0) is 20.8 Å². The van der Waals surface area contributed by atoms with E-state index in [-0.39, 0.29) is 6.04 Å². The number of rotatable bonds is 6. The molecule has 102 valence electrons. The quantitative estimate of drug-likeness (QED) is 0.861. The molecule has 0 radical (unpaired) electrons. The largest absolute Gasteiger partial charge is 0.260 e. The molecule has 1 N–H and O–H groups in total. The Morgan fingerprint density at radius 1 is 1.33 bits per heavy atom. The number of hydrogen-bond acceptors (Lipinski definition) is 3. The van der Waals surface area contributed by atoms with Crippen molar-refractivity contribution in [3.8, 4) is 0 Å². The number of sulfonamides is 1. The molecule has 1 aromatic rings. The van der Waals surface area contributed by atoms with E-state index in [1.165, 1.54) is 0 Å². The number of benzene rings is 1. The van der Waals surface area contributed by atoms with Crippen molar-refractivity contribution in [3.63, 3.8) is 0 Å². The fourth-order valence-electron chi connectivity index (χ4n) is 1.59. The number of nitrogens with one attached hydrogen (secondary N) is 1. The van der Waals surface area contributed by atoms with Gasteiger partial charge in [0.1, 0.15) is 0 Å². The van der Waals surface area contributed by atoms with Crippen molar-refractivity contribution in [2.45, 2.75) is 31.2 Å². The van der Waals surface area contributed by atoms with E-state index in [0.717, 1.165) is 5.56 Å². The molecule has 2 unspecified atom stereocenters. The third-order valence-corrected chi connectivity index (χ3v) is 5.14. The second-order valence-corrected chi connectivity index (χ2v) is 7.59. The maximum Gasteiger partial charge on any atom is 0.241 e. The van der Waals surface area contributed by atoms with Gasteiger partial charge in [0, 0.05) is 28.9 Å². The lowest BCUT2D eigenvalue weighted by Gasteiger charge is -2.14. The van der Waals surface area contributed by atoms with Crippen molar-refractivity contribution < 1.29 is 12.6 Å². The fourth-order valence-corrected chi connectivity index (χ4v) is 3.80. The van der Waals surface area contributed by atoms with E-state index in [2.05, 4.69) is 4.72 Å². The van der Waals surface area contributed by atoms with Gasteiger partial charge in [-0.05, 0) is 31.9 Å². The van der Waals surface area contributed by atoms with Crippen molar-refractivity contribution in [2.24, 2.45) is 0 Å². The number of aryl methyl sites for hydroxylation is 1.